The second-order valence-electron chi connectivity index (χ2n) is 4.55. The maximum atomic E-state index is 13.5. The molecule has 0 aliphatic rings. The molecule has 0 saturated carbocycles. The van der Waals surface area contributed by atoms with Gasteiger partial charge in [0.1, 0.15) is 11.4 Å². The molecule has 6 heteroatoms. The van der Waals surface area contributed by atoms with Crippen molar-refractivity contribution in [2.45, 2.75) is 13.8 Å². The minimum absolute atomic E-state index is 0.180. The molecule has 0 spiro atoms. The van der Waals surface area contributed by atoms with Gasteiger partial charge in [-0.15, -0.1) is 0 Å². The lowest BCUT2D eigenvalue weighted by Gasteiger charge is -2.09. The molecule has 0 unspecified atom stereocenters. The molecule has 0 bridgehead atoms. The maximum Gasteiger partial charge on any atom is 0.257 e. The van der Waals surface area contributed by atoms with Crippen molar-refractivity contribution in [1.29, 1.82) is 0 Å². The van der Waals surface area contributed by atoms with E-state index in [1.165, 1.54) is 0 Å². The molecule has 0 atom stereocenters. The highest BCUT2D eigenvalue weighted by molar-refractivity contribution is 5.95. The van der Waals surface area contributed by atoms with Crippen LogP contribution in [0.1, 0.15) is 24.2 Å². The first-order valence-electron chi connectivity index (χ1n) is 6.03. The van der Waals surface area contributed by atoms with E-state index in [4.69, 9.17) is 10.5 Å². The quantitative estimate of drug-likeness (QED) is 0.614. The highest BCUT2D eigenvalue weighted by atomic mass is 19.1. The summed E-state index contributed by atoms with van der Waals surface area (Å²) in [7, 11) is 0. The molecule has 1 amide bonds. The predicted molar refractivity (Wildman–Crippen MR) is 68.8 cm³/mol. The second-order valence-corrected chi connectivity index (χ2v) is 4.55. The van der Waals surface area contributed by atoms with Crippen molar-refractivity contribution in [2.24, 2.45) is 5.92 Å². The fourth-order valence-corrected chi connectivity index (χ4v) is 1.42. The number of hydrogen-bond acceptors (Lipinski definition) is 3. The molecular formula is C13H18F2N2O2. The van der Waals surface area contributed by atoms with E-state index in [-0.39, 0.29) is 18.8 Å². The van der Waals surface area contributed by atoms with E-state index in [0.717, 1.165) is 12.1 Å². The summed E-state index contributed by atoms with van der Waals surface area (Å²) in [5.74, 6) is -2.43. The summed E-state index contributed by atoms with van der Waals surface area (Å²) in [4.78, 5) is 11.6. The number of ether oxygens (including phenoxy) is 1. The Morgan fingerprint density at radius 2 is 2.11 bits per heavy atom. The average Bonchev–Trinajstić information content (AvgIpc) is 2.33. The Kier molecular flexibility index (Phi) is 5.69. The summed E-state index contributed by atoms with van der Waals surface area (Å²) in [6.07, 6.45) is 0. The molecule has 0 aromatic heterocycles. The van der Waals surface area contributed by atoms with Crippen LogP contribution < -0.4 is 11.1 Å². The number of benzene rings is 1. The van der Waals surface area contributed by atoms with Crippen LogP contribution >= 0.6 is 0 Å². The first-order valence-corrected chi connectivity index (χ1v) is 6.03. The molecular weight excluding hydrogens is 254 g/mol. The van der Waals surface area contributed by atoms with Crippen molar-refractivity contribution in [3.8, 4) is 0 Å². The minimum Gasteiger partial charge on any atom is -0.396 e. The van der Waals surface area contributed by atoms with Crippen LogP contribution in [0.3, 0.4) is 0 Å². The van der Waals surface area contributed by atoms with Crippen LogP contribution in [0.5, 0.6) is 0 Å². The lowest BCUT2D eigenvalue weighted by atomic mass is 10.1. The Morgan fingerprint density at radius 3 is 2.74 bits per heavy atom. The SMILES string of the molecule is CC(C)COCCNC(=O)c1c(F)ccc(N)c1F. The van der Waals surface area contributed by atoms with E-state index in [9.17, 15) is 13.6 Å². The van der Waals surface area contributed by atoms with Gasteiger partial charge in [-0.1, -0.05) is 13.8 Å². The topological polar surface area (TPSA) is 64.3 Å². The van der Waals surface area contributed by atoms with Gasteiger partial charge in [-0.05, 0) is 18.1 Å². The molecule has 1 aromatic carbocycles. The first-order chi connectivity index (χ1) is 8.93. The van der Waals surface area contributed by atoms with Gasteiger partial charge in [0, 0.05) is 13.2 Å². The van der Waals surface area contributed by atoms with Crippen molar-refractivity contribution < 1.29 is 18.3 Å². The monoisotopic (exact) mass is 272 g/mol. The zero-order valence-corrected chi connectivity index (χ0v) is 11.0. The lowest BCUT2D eigenvalue weighted by Crippen LogP contribution is -2.29. The van der Waals surface area contributed by atoms with Crippen LogP contribution in [0, 0.1) is 17.6 Å². The molecule has 0 aliphatic heterocycles. The van der Waals surface area contributed by atoms with Gasteiger partial charge < -0.3 is 15.8 Å². The molecule has 1 aromatic rings. The number of carbonyl (C=O) groups excluding carboxylic acids is 1. The van der Waals surface area contributed by atoms with Gasteiger partial charge in [0.2, 0.25) is 0 Å². The summed E-state index contributed by atoms with van der Waals surface area (Å²) in [6, 6.07) is 2.04. The third-order valence-corrected chi connectivity index (χ3v) is 2.33. The summed E-state index contributed by atoms with van der Waals surface area (Å²) in [5, 5.41) is 2.38. The van der Waals surface area contributed by atoms with E-state index < -0.39 is 23.1 Å². The molecule has 4 nitrogen and oxygen atoms in total. The van der Waals surface area contributed by atoms with Crippen molar-refractivity contribution in [3.63, 3.8) is 0 Å². The van der Waals surface area contributed by atoms with E-state index in [1.54, 1.807) is 0 Å². The molecule has 0 radical (unpaired) electrons. The molecule has 3 N–H and O–H groups in total. The van der Waals surface area contributed by atoms with Gasteiger partial charge >= 0.3 is 0 Å². The predicted octanol–water partition coefficient (Wildman–Crippen LogP) is 1.95. The number of anilines is 1. The summed E-state index contributed by atoms with van der Waals surface area (Å²) in [6.45, 7) is 5.03. The lowest BCUT2D eigenvalue weighted by molar-refractivity contribution is 0.0879. The maximum absolute atomic E-state index is 13.5. The average molecular weight is 272 g/mol. The largest absolute Gasteiger partial charge is 0.396 e. The van der Waals surface area contributed by atoms with Gasteiger partial charge in [0.25, 0.3) is 5.91 Å². The van der Waals surface area contributed by atoms with Crippen LogP contribution in [0.4, 0.5) is 14.5 Å². The number of amides is 1. The van der Waals surface area contributed by atoms with Crippen LogP contribution in [0.2, 0.25) is 0 Å². The number of nitrogen functional groups attached to an aromatic ring is 1. The molecule has 1 rings (SSSR count). The zero-order chi connectivity index (χ0) is 14.4. The molecule has 106 valence electrons. The molecule has 19 heavy (non-hydrogen) atoms. The normalized spacial score (nSPS) is 10.8. The molecule has 0 aliphatic carbocycles. The number of nitrogens with two attached hydrogens (primary N) is 1. The number of hydrogen-bond donors (Lipinski definition) is 2. The number of halogens is 2. The van der Waals surface area contributed by atoms with E-state index in [2.05, 4.69) is 5.32 Å². The van der Waals surface area contributed by atoms with E-state index in [1.807, 2.05) is 13.8 Å². The van der Waals surface area contributed by atoms with Crippen molar-refractivity contribution in [3.05, 3.63) is 29.3 Å². The highest BCUT2D eigenvalue weighted by Crippen LogP contribution is 2.18. The van der Waals surface area contributed by atoms with Gasteiger partial charge in [0.15, 0.2) is 5.82 Å². The molecule has 0 fully saturated rings. The zero-order valence-electron chi connectivity index (χ0n) is 11.0. The van der Waals surface area contributed by atoms with Crippen molar-refractivity contribution in [2.75, 3.05) is 25.5 Å². The number of carbonyl (C=O) groups is 1. The van der Waals surface area contributed by atoms with Gasteiger partial charge in [-0.2, -0.15) is 0 Å². The van der Waals surface area contributed by atoms with E-state index >= 15 is 0 Å². The smallest absolute Gasteiger partial charge is 0.257 e. The Labute approximate surface area is 110 Å². The fraction of sp³-hybridized carbons (Fsp3) is 0.462. The highest BCUT2D eigenvalue weighted by Gasteiger charge is 2.18. The third kappa shape index (κ3) is 4.48. The Balaban J connectivity index is 2.53. The molecule has 0 heterocycles. The number of rotatable bonds is 6. The minimum atomic E-state index is -1.04. The van der Waals surface area contributed by atoms with Gasteiger partial charge in [-0.25, -0.2) is 8.78 Å². The summed E-state index contributed by atoms with van der Waals surface area (Å²) in [5.41, 5.74) is 4.37. The Bertz CT molecular complexity index is 451. The first kappa shape index (κ1) is 15.4. The molecule has 0 saturated heterocycles. The van der Waals surface area contributed by atoms with Crippen molar-refractivity contribution >= 4 is 11.6 Å². The van der Waals surface area contributed by atoms with Crippen LogP contribution in [-0.4, -0.2) is 25.7 Å². The fourth-order valence-electron chi connectivity index (χ4n) is 1.42. The standard InChI is InChI=1S/C13H18F2N2O2/c1-8(2)7-19-6-5-17-13(18)11-9(14)3-4-10(16)12(11)15/h3-4,8H,5-7,16H2,1-2H3,(H,17,18). The van der Waals surface area contributed by atoms with Gasteiger partial charge in [-0.3, -0.25) is 4.79 Å². The van der Waals surface area contributed by atoms with Crippen LogP contribution in [0.25, 0.3) is 0 Å². The third-order valence-electron chi connectivity index (χ3n) is 2.33. The second kappa shape index (κ2) is 7.04. The Morgan fingerprint density at radius 1 is 1.42 bits per heavy atom. The number of nitrogens with one attached hydrogen (secondary N) is 1. The Hall–Kier alpha value is -1.69. The summed E-state index contributed by atoms with van der Waals surface area (Å²) >= 11 is 0. The van der Waals surface area contributed by atoms with Crippen molar-refractivity contribution in [1.82, 2.24) is 5.32 Å². The van der Waals surface area contributed by atoms with Gasteiger partial charge in [0.05, 0.1) is 12.3 Å². The summed E-state index contributed by atoms with van der Waals surface area (Å²) < 4.78 is 32.2. The van der Waals surface area contributed by atoms with Crippen LogP contribution in [0.15, 0.2) is 12.1 Å². The van der Waals surface area contributed by atoms with E-state index in [0.29, 0.717) is 12.5 Å². The van der Waals surface area contributed by atoms with Crippen LogP contribution in [-0.2, 0) is 4.74 Å².